The summed E-state index contributed by atoms with van der Waals surface area (Å²) in [4.78, 5) is 26.2. The largest absolute Gasteiger partial charge is 0.494 e. The minimum absolute atomic E-state index is 0.0688. The summed E-state index contributed by atoms with van der Waals surface area (Å²) in [6, 6.07) is 8.69. The highest BCUT2D eigenvalue weighted by Crippen LogP contribution is 2.34. The van der Waals surface area contributed by atoms with Gasteiger partial charge in [-0.25, -0.2) is 8.42 Å². The van der Waals surface area contributed by atoms with E-state index in [0.717, 1.165) is 17.0 Å². The van der Waals surface area contributed by atoms with E-state index in [1.807, 2.05) is 0 Å². The number of anilines is 3. The summed E-state index contributed by atoms with van der Waals surface area (Å²) in [7, 11) is -2.20. The van der Waals surface area contributed by atoms with Crippen LogP contribution in [-0.4, -0.2) is 39.6 Å². The van der Waals surface area contributed by atoms with E-state index in [2.05, 4.69) is 10.0 Å². The Labute approximate surface area is 188 Å². The lowest BCUT2D eigenvalue weighted by molar-refractivity contribution is -0.137. The van der Waals surface area contributed by atoms with Crippen molar-refractivity contribution in [3.8, 4) is 5.75 Å². The summed E-state index contributed by atoms with van der Waals surface area (Å²) in [5.41, 5.74) is -0.309. The van der Waals surface area contributed by atoms with Crippen LogP contribution < -0.4 is 19.7 Å². The number of ether oxygens (including phenoxy) is 1. The zero-order chi connectivity index (χ0) is 24.4. The maximum Gasteiger partial charge on any atom is 0.416 e. The van der Waals surface area contributed by atoms with Gasteiger partial charge in [0.2, 0.25) is 21.8 Å². The van der Waals surface area contributed by atoms with Crippen molar-refractivity contribution in [2.45, 2.75) is 19.5 Å². The monoisotopic (exact) mass is 485 g/mol. The third kappa shape index (κ3) is 5.75. The van der Waals surface area contributed by atoms with Crippen molar-refractivity contribution >= 4 is 38.9 Å². The van der Waals surface area contributed by atoms with Gasteiger partial charge in [-0.1, -0.05) is 6.07 Å². The Kier molecular flexibility index (Phi) is 6.86. The lowest BCUT2D eigenvalue weighted by atomic mass is 10.1. The lowest BCUT2D eigenvalue weighted by Crippen LogP contribution is -2.28. The van der Waals surface area contributed by atoms with Gasteiger partial charge in [-0.05, 0) is 37.3 Å². The Hall–Kier alpha value is -3.28. The van der Waals surface area contributed by atoms with Crippen LogP contribution in [0, 0.1) is 5.92 Å². The standard InChI is InChI=1S/C21H22F3N3O5S/c1-3-33(30,31)26-17-8-7-15(11-18(17)32-2)25-20(29)13-9-19(28)27(12-13)16-6-4-5-14(10-16)21(22,23)24/h4-8,10-11,13,26H,3,9,12H2,1-2H3,(H,25,29). The van der Waals surface area contributed by atoms with E-state index in [9.17, 15) is 31.2 Å². The number of methoxy groups -OCH3 is 1. The van der Waals surface area contributed by atoms with Crippen molar-refractivity contribution in [1.29, 1.82) is 0 Å². The molecule has 0 aliphatic carbocycles. The molecule has 1 aliphatic rings. The number of amides is 2. The fraction of sp³-hybridized carbons (Fsp3) is 0.333. The summed E-state index contributed by atoms with van der Waals surface area (Å²) in [5, 5.41) is 2.64. The molecule has 33 heavy (non-hydrogen) atoms. The van der Waals surface area contributed by atoms with Gasteiger partial charge in [0.1, 0.15) is 5.75 Å². The van der Waals surface area contributed by atoms with Crippen molar-refractivity contribution < 1.29 is 35.9 Å². The molecular weight excluding hydrogens is 463 g/mol. The van der Waals surface area contributed by atoms with Crippen LogP contribution in [0.2, 0.25) is 0 Å². The van der Waals surface area contributed by atoms with Gasteiger partial charge in [-0.2, -0.15) is 13.2 Å². The molecule has 8 nitrogen and oxygen atoms in total. The van der Waals surface area contributed by atoms with Crippen molar-refractivity contribution in [3.05, 3.63) is 48.0 Å². The quantitative estimate of drug-likeness (QED) is 0.625. The molecule has 2 N–H and O–H groups in total. The molecule has 3 rings (SSSR count). The maximum atomic E-state index is 13.0. The van der Waals surface area contributed by atoms with Crippen molar-refractivity contribution in [3.63, 3.8) is 0 Å². The van der Waals surface area contributed by atoms with E-state index in [1.54, 1.807) is 0 Å². The molecule has 12 heteroatoms. The number of halogens is 3. The van der Waals surface area contributed by atoms with Crippen LogP contribution in [0.5, 0.6) is 5.75 Å². The fourth-order valence-electron chi connectivity index (χ4n) is 3.32. The number of sulfonamides is 1. The second-order valence-corrected chi connectivity index (χ2v) is 9.37. The average Bonchev–Trinajstić information content (AvgIpc) is 3.16. The molecule has 1 fully saturated rings. The molecule has 178 valence electrons. The average molecular weight is 485 g/mol. The molecule has 2 amide bonds. The second kappa shape index (κ2) is 9.30. The number of nitrogens with one attached hydrogen (secondary N) is 2. The van der Waals surface area contributed by atoms with Gasteiger partial charge in [0.05, 0.1) is 30.0 Å². The molecule has 2 aromatic rings. The van der Waals surface area contributed by atoms with Gasteiger partial charge in [-0.15, -0.1) is 0 Å². The summed E-state index contributed by atoms with van der Waals surface area (Å²) >= 11 is 0. The van der Waals surface area contributed by atoms with Gasteiger partial charge in [0, 0.05) is 30.4 Å². The lowest BCUT2D eigenvalue weighted by Gasteiger charge is -2.18. The smallest absolute Gasteiger partial charge is 0.416 e. The second-order valence-electron chi connectivity index (χ2n) is 7.36. The first kappa shape index (κ1) is 24.4. The van der Waals surface area contributed by atoms with Crippen LogP contribution >= 0.6 is 0 Å². The van der Waals surface area contributed by atoms with Crippen molar-refractivity contribution in [2.75, 3.05) is 34.3 Å². The van der Waals surface area contributed by atoms with E-state index in [-0.39, 0.29) is 35.8 Å². The van der Waals surface area contributed by atoms with Crippen LogP contribution in [0.1, 0.15) is 18.9 Å². The number of benzene rings is 2. The predicted molar refractivity (Wildman–Crippen MR) is 117 cm³/mol. The Balaban J connectivity index is 1.72. The third-order valence-corrected chi connectivity index (χ3v) is 6.39. The van der Waals surface area contributed by atoms with Gasteiger partial charge < -0.3 is 15.0 Å². The van der Waals surface area contributed by atoms with Gasteiger partial charge >= 0.3 is 6.18 Å². The third-order valence-electron chi connectivity index (χ3n) is 5.10. The van der Waals surface area contributed by atoms with Crippen molar-refractivity contribution in [1.82, 2.24) is 0 Å². The van der Waals surface area contributed by atoms with Crippen LogP contribution in [0.25, 0.3) is 0 Å². The first-order valence-corrected chi connectivity index (χ1v) is 11.6. The first-order valence-electron chi connectivity index (χ1n) is 9.90. The van der Waals surface area contributed by atoms with E-state index in [0.29, 0.717) is 5.69 Å². The number of rotatable bonds is 7. The van der Waals surface area contributed by atoms with Crippen LogP contribution in [-0.2, 0) is 25.8 Å². The van der Waals surface area contributed by atoms with E-state index >= 15 is 0 Å². The highest BCUT2D eigenvalue weighted by Gasteiger charge is 2.37. The maximum absolute atomic E-state index is 13.0. The Morgan fingerprint density at radius 1 is 1.21 bits per heavy atom. The highest BCUT2D eigenvalue weighted by atomic mass is 32.2. The molecule has 1 unspecified atom stereocenters. The Morgan fingerprint density at radius 2 is 1.94 bits per heavy atom. The van der Waals surface area contributed by atoms with E-state index in [1.165, 1.54) is 44.4 Å². The minimum Gasteiger partial charge on any atom is -0.494 e. The Bertz CT molecular complexity index is 1170. The first-order chi connectivity index (χ1) is 15.4. The molecule has 1 heterocycles. The highest BCUT2D eigenvalue weighted by molar-refractivity contribution is 7.92. The zero-order valence-electron chi connectivity index (χ0n) is 17.8. The molecule has 1 saturated heterocycles. The van der Waals surface area contributed by atoms with Gasteiger partial charge in [0.15, 0.2) is 0 Å². The summed E-state index contributed by atoms with van der Waals surface area (Å²) < 4.78 is 70.1. The SMILES string of the molecule is CCS(=O)(=O)Nc1ccc(NC(=O)C2CC(=O)N(c3cccc(C(F)(F)F)c3)C2)cc1OC. The molecular formula is C21H22F3N3O5S. The molecule has 0 bridgehead atoms. The van der Waals surface area contributed by atoms with Crippen LogP contribution in [0.3, 0.4) is 0 Å². The zero-order valence-corrected chi connectivity index (χ0v) is 18.6. The van der Waals surface area contributed by atoms with E-state index in [4.69, 9.17) is 4.74 Å². The molecule has 2 aromatic carbocycles. The normalized spacial score (nSPS) is 16.6. The number of hydrogen-bond donors (Lipinski definition) is 2. The summed E-state index contributed by atoms with van der Waals surface area (Å²) in [6.45, 7) is 1.41. The Morgan fingerprint density at radius 3 is 2.58 bits per heavy atom. The van der Waals surface area contributed by atoms with Gasteiger partial charge in [-0.3, -0.25) is 14.3 Å². The number of carbonyl (C=O) groups is 2. The minimum atomic E-state index is -4.55. The van der Waals surface area contributed by atoms with Gasteiger partial charge in [0.25, 0.3) is 0 Å². The fourth-order valence-corrected chi connectivity index (χ4v) is 3.97. The summed E-state index contributed by atoms with van der Waals surface area (Å²) in [6.07, 6.45) is -4.71. The molecule has 0 spiro atoms. The molecule has 0 aromatic heterocycles. The molecule has 0 saturated carbocycles. The number of hydrogen-bond acceptors (Lipinski definition) is 5. The predicted octanol–water partition coefficient (Wildman–Crippen LogP) is 3.47. The number of alkyl halides is 3. The van der Waals surface area contributed by atoms with Crippen LogP contribution in [0.15, 0.2) is 42.5 Å². The topological polar surface area (TPSA) is 105 Å². The molecule has 1 aliphatic heterocycles. The number of carbonyl (C=O) groups excluding carboxylic acids is 2. The molecule has 0 radical (unpaired) electrons. The molecule has 1 atom stereocenters. The van der Waals surface area contributed by atoms with Crippen molar-refractivity contribution in [2.24, 2.45) is 5.92 Å². The van der Waals surface area contributed by atoms with Crippen LogP contribution in [0.4, 0.5) is 30.2 Å². The summed E-state index contributed by atoms with van der Waals surface area (Å²) in [5.74, 6) is -1.69. The number of nitrogens with zero attached hydrogens (tertiary/aromatic N) is 1. The van der Waals surface area contributed by atoms with E-state index < -0.39 is 39.5 Å².